The van der Waals surface area contributed by atoms with Crippen LogP contribution in [0.4, 0.5) is 5.69 Å². The lowest BCUT2D eigenvalue weighted by Gasteiger charge is -1.83. The van der Waals surface area contributed by atoms with Gasteiger partial charge in [-0.1, -0.05) is 10.3 Å². The molecule has 1 aromatic rings. The van der Waals surface area contributed by atoms with Crippen LogP contribution in [0.25, 0.3) is 10.4 Å². The van der Waals surface area contributed by atoms with Crippen LogP contribution < -0.4 is 0 Å². The van der Waals surface area contributed by atoms with Crippen LogP contribution in [0.2, 0.25) is 0 Å². The number of rotatable bonds is 2. The molecule has 0 fully saturated rings. The molecule has 0 radical (unpaired) electrons. The van der Waals surface area contributed by atoms with Crippen molar-refractivity contribution in [2.45, 2.75) is 0 Å². The van der Waals surface area contributed by atoms with Crippen LogP contribution in [0.15, 0.2) is 21.7 Å². The van der Waals surface area contributed by atoms with E-state index in [2.05, 4.69) is 15.2 Å². The number of hydrogen-bond donors (Lipinski definition) is 1. The Balaban J connectivity index is 3.04. The van der Waals surface area contributed by atoms with Gasteiger partial charge in [-0.3, -0.25) is 0 Å². The lowest BCUT2D eigenvalue weighted by molar-refractivity contribution is 0.322. The summed E-state index contributed by atoms with van der Waals surface area (Å²) in [6.07, 6.45) is 1.23. The van der Waals surface area contributed by atoms with E-state index in [0.717, 1.165) is 0 Å². The van der Waals surface area contributed by atoms with Crippen molar-refractivity contribution in [2.75, 3.05) is 0 Å². The maximum Gasteiger partial charge on any atom is 0.0838 e. The van der Waals surface area contributed by atoms with Gasteiger partial charge in [-0.05, 0) is 17.0 Å². The number of azide groups is 1. The van der Waals surface area contributed by atoms with Crippen LogP contribution in [-0.4, -0.2) is 11.4 Å². The third-order valence-corrected chi connectivity index (χ3v) is 1.84. The quantitative estimate of drug-likeness (QED) is 0.180. The molecule has 0 aliphatic heterocycles. The van der Waals surface area contributed by atoms with Gasteiger partial charge in [0.25, 0.3) is 0 Å². The normalized spacial score (nSPS) is 9.82. The molecule has 0 atom stereocenters. The zero-order chi connectivity index (χ0) is 8.10. The van der Waals surface area contributed by atoms with Crippen molar-refractivity contribution < 1.29 is 5.21 Å². The Morgan fingerprint density at radius 1 is 1.73 bits per heavy atom. The van der Waals surface area contributed by atoms with Crippen molar-refractivity contribution in [3.8, 4) is 0 Å². The first-order valence-electron chi connectivity index (χ1n) is 2.68. The molecule has 0 aliphatic rings. The van der Waals surface area contributed by atoms with Crippen molar-refractivity contribution in [1.29, 1.82) is 0 Å². The third kappa shape index (κ3) is 1.70. The standard InChI is InChI=1S/C5H4N4OS/c6-9-8-4-1-2-11-5(4)3-7-10/h1-3,10H/b7-3+. The van der Waals surface area contributed by atoms with Gasteiger partial charge in [0.2, 0.25) is 0 Å². The van der Waals surface area contributed by atoms with Crippen LogP contribution in [0, 0.1) is 0 Å². The summed E-state index contributed by atoms with van der Waals surface area (Å²) in [7, 11) is 0. The molecule has 1 rings (SSSR count). The number of hydrogen-bond acceptors (Lipinski definition) is 4. The van der Waals surface area contributed by atoms with Crippen molar-refractivity contribution in [1.82, 2.24) is 0 Å². The molecule has 0 aromatic carbocycles. The smallest absolute Gasteiger partial charge is 0.0838 e. The first kappa shape index (κ1) is 7.59. The molecule has 0 saturated heterocycles. The van der Waals surface area contributed by atoms with E-state index in [9.17, 15) is 0 Å². The van der Waals surface area contributed by atoms with Crippen LogP contribution in [0.1, 0.15) is 4.88 Å². The fourth-order valence-electron chi connectivity index (χ4n) is 0.594. The Morgan fingerprint density at radius 2 is 2.55 bits per heavy atom. The fraction of sp³-hybridized carbons (Fsp3) is 0. The van der Waals surface area contributed by atoms with E-state index in [1.807, 2.05) is 0 Å². The van der Waals surface area contributed by atoms with E-state index >= 15 is 0 Å². The number of oxime groups is 1. The molecule has 0 unspecified atom stereocenters. The molecule has 1 aromatic heterocycles. The summed E-state index contributed by atoms with van der Waals surface area (Å²) >= 11 is 1.34. The monoisotopic (exact) mass is 168 g/mol. The van der Waals surface area contributed by atoms with Gasteiger partial charge in [0, 0.05) is 4.91 Å². The molecule has 6 heteroatoms. The van der Waals surface area contributed by atoms with Gasteiger partial charge in [-0.15, -0.1) is 11.3 Å². The average molecular weight is 168 g/mol. The highest BCUT2D eigenvalue weighted by Crippen LogP contribution is 2.23. The summed E-state index contributed by atoms with van der Waals surface area (Å²) in [6.45, 7) is 0. The van der Waals surface area contributed by atoms with Gasteiger partial charge < -0.3 is 5.21 Å². The minimum atomic E-state index is 0.482. The highest BCUT2D eigenvalue weighted by molar-refractivity contribution is 7.12. The molecule has 0 saturated carbocycles. The van der Waals surface area contributed by atoms with Crippen molar-refractivity contribution in [2.24, 2.45) is 10.3 Å². The molecule has 5 nitrogen and oxygen atoms in total. The van der Waals surface area contributed by atoms with Crippen LogP contribution in [-0.2, 0) is 0 Å². The number of thiophene rings is 1. The molecule has 0 aliphatic carbocycles. The van der Waals surface area contributed by atoms with E-state index in [0.29, 0.717) is 10.6 Å². The molecule has 56 valence electrons. The molecular formula is C5H4N4OS. The van der Waals surface area contributed by atoms with Gasteiger partial charge in [0.1, 0.15) is 0 Å². The van der Waals surface area contributed by atoms with Crippen molar-refractivity contribution in [3.63, 3.8) is 0 Å². The zero-order valence-electron chi connectivity index (χ0n) is 5.38. The van der Waals surface area contributed by atoms with E-state index < -0.39 is 0 Å². The highest BCUT2D eigenvalue weighted by Gasteiger charge is 1.97. The Kier molecular flexibility index (Phi) is 2.48. The van der Waals surface area contributed by atoms with E-state index in [1.54, 1.807) is 11.4 Å². The number of nitrogens with zero attached hydrogens (tertiary/aromatic N) is 4. The van der Waals surface area contributed by atoms with Crippen LogP contribution >= 0.6 is 11.3 Å². The molecule has 1 N–H and O–H groups in total. The second-order valence-electron chi connectivity index (χ2n) is 1.60. The van der Waals surface area contributed by atoms with Gasteiger partial charge in [-0.25, -0.2) is 0 Å². The summed E-state index contributed by atoms with van der Waals surface area (Å²) in [5, 5.41) is 16.1. The third-order valence-electron chi connectivity index (χ3n) is 1.00. The Labute approximate surface area is 66.2 Å². The second-order valence-corrected chi connectivity index (χ2v) is 2.55. The highest BCUT2D eigenvalue weighted by atomic mass is 32.1. The lowest BCUT2D eigenvalue weighted by atomic mass is 10.4. The van der Waals surface area contributed by atoms with Gasteiger partial charge >= 0.3 is 0 Å². The predicted octanol–water partition coefficient (Wildman–Crippen LogP) is 2.50. The molecule has 1 heterocycles. The fourth-order valence-corrected chi connectivity index (χ4v) is 1.28. The minimum absolute atomic E-state index is 0.482. The molecular weight excluding hydrogens is 164 g/mol. The first-order chi connectivity index (χ1) is 5.38. The Hall–Kier alpha value is -1.52. The molecule has 11 heavy (non-hydrogen) atoms. The van der Waals surface area contributed by atoms with Gasteiger partial charge in [0.15, 0.2) is 0 Å². The van der Waals surface area contributed by atoms with Crippen molar-refractivity contribution in [3.05, 3.63) is 26.8 Å². The van der Waals surface area contributed by atoms with Gasteiger partial charge in [0.05, 0.1) is 16.8 Å². The van der Waals surface area contributed by atoms with E-state index in [-0.39, 0.29) is 0 Å². The molecule has 0 amide bonds. The SMILES string of the molecule is [N-]=[N+]=Nc1ccsc1/C=N/O. The molecule has 0 bridgehead atoms. The molecule has 0 spiro atoms. The Morgan fingerprint density at radius 3 is 3.18 bits per heavy atom. The summed E-state index contributed by atoms with van der Waals surface area (Å²) < 4.78 is 0. The summed E-state index contributed by atoms with van der Waals surface area (Å²) in [5.74, 6) is 0. The summed E-state index contributed by atoms with van der Waals surface area (Å²) in [6, 6.07) is 1.65. The van der Waals surface area contributed by atoms with Crippen LogP contribution in [0.5, 0.6) is 0 Å². The minimum Gasteiger partial charge on any atom is -0.411 e. The first-order valence-corrected chi connectivity index (χ1v) is 3.56. The zero-order valence-corrected chi connectivity index (χ0v) is 6.19. The topological polar surface area (TPSA) is 81.4 Å². The Bertz CT molecular complexity index is 312. The van der Waals surface area contributed by atoms with Gasteiger partial charge in [-0.2, -0.15) is 0 Å². The van der Waals surface area contributed by atoms with Crippen molar-refractivity contribution >= 4 is 23.2 Å². The summed E-state index contributed by atoms with van der Waals surface area (Å²) in [5.41, 5.74) is 8.57. The summed E-state index contributed by atoms with van der Waals surface area (Å²) in [4.78, 5) is 3.25. The largest absolute Gasteiger partial charge is 0.411 e. The van der Waals surface area contributed by atoms with E-state index in [1.165, 1.54) is 17.6 Å². The average Bonchev–Trinajstić information content (AvgIpc) is 2.39. The lowest BCUT2D eigenvalue weighted by Crippen LogP contribution is -1.71. The van der Waals surface area contributed by atoms with Crippen LogP contribution in [0.3, 0.4) is 0 Å². The second kappa shape index (κ2) is 3.60. The predicted molar refractivity (Wildman–Crippen MR) is 42.5 cm³/mol. The maximum absolute atomic E-state index is 8.17. The van der Waals surface area contributed by atoms with E-state index in [4.69, 9.17) is 10.7 Å². The maximum atomic E-state index is 8.17.